The summed E-state index contributed by atoms with van der Waals surface area (Å²) in [4.78, 5) is 0. The molecule has 1 saturated carbocycles. The SMILES string of the molecule is CC[N+]1(C2(C)CCCC2(C)C)CCCC1. The van der Waals surface area contributed by atoms with E-state index in [1.165, 1.54) is 56.2 Å². The van der Waals surface area contributed by atoms with Crippen molar-refractivity contribution in [2.75, 3.05) is 19.6 Å². The minimum absolute atomic E-state index is 0.549. The molecule has 1 heteroatoms. The number of rotatable bonds is 2. The lowest BCUT2D eigenvalue weighted by molar-refractivity contribution is -0.969. The topological polar surface area (TPSA) is 0 Å². The van der Waals surface area contributed by atoms with Crippen LogP contribution in [0.1, 0.15) is 59.8 Å². The molecule has 0 amide bonds. The summed E-state index contributed by atoms with van der Waals surface area (Å²) >= 11 is 0. The van der Waals surface area contributed by atoms with Gasteiger partial charge in [-0.3, -0.25) is 0 Å². The van der Waals surface area contributed by atoms with Crippen LogP contribution in [0.15, 0.2) is 0 Å². The third-order valence-corrected chi connectivity index (χ3v) is 6.00. The van der Waals surface area contributed by atoms with Gasteiger partial charge in [0.2, 0.25) is 0 Å². The second kappa shape index (κ2) is 3.48. The summed E-state index contributed by atoms with van der Waals surface area (Å²) in [6.45, 7) is 14.2. The third kappa shape index (κ3) is 1.39. The first-order chi connectivity index (χ1) is 6.97. The van der Waals surface area contributed by atoms with Crippen LogP contribution in [0.5, 0.6) is 0 Å². The molecule has 1 aliphatic carbocycles. The number of hydrogen-bond donors (Lipinski definition) is 0. The van der Waals surface area contributed by atoms with Gasteiger partial charge in [0.05, 0.1) is 19.6 Å². The van der Waals surface area contributed by atoms with Gasteiger partial charge in [0.15, 0.2) is 0 Å². The molecule has 0 aromatic heterocycles. The van der Waals surface area contributed by atoms with Crippen LogP contribution in [0.2, 0.25) is 0 Å². The Morgan fingerprint density at radius 1 is 0.933 bits per heavy atom. The van der Waals surface area contributed by atoms with Crippen LogP contribution in [0.25, 0.3) is 0 Å². The van der Waals surface area contributed by atoms with E-state index in [1.807, 2.05) is 0 Å². The van der Waals surface area contributed by atoms with Crippen LogP contribution in [-0.4, -0.2) is 29.7 Å². The van der Waals surface area contributed by atoms with Gasteiger partial charge in [0, 0.05) is 24.7 Å². The van der Waals surface area contributed by atoms with E-state index >= 15 is 0 Å². The fraction of sp³-hybridized carbons (Fsp3) is 1.00. The second-order valence-corrected chi connectivity index (χ2v) is 6.63. The van der Waals surface area contributed by atoms with Gasteiger partial charge in [-0.05, 0) is 26.7 Å². The minimum atomic E-state index is 0.549. The molecule has 0 aromatic carbocycles. The van der Waals surface area contributed by atoms with Gasteiger partial charge in [-0.1, -0.05) is 13.8 Å². The molecule has 1 unspecified atom stereocenters. The molecule has 1 nitrogen and oxygen atoms in total. The normalized spacial score (nSPS) is 38.4. The highest BCUT2D eigenvalue weighted by Gasteiger charge is 2.58. The number of quaternary nitrogens is 1. The summed E-state index contributed by atoms with van der Waals surface area (Å²) in [5.74, 6) is 0. The van der Waals surface area contributed by atoms with Crippen molar-refractivity contribution in [2.24, 2.45) is 5.41 Å². The second-order valence-electron chi connectivity index (χ2n) is 6.63. The molecule has 1 heterocycles. The van der Waals surface area contributed by atoms with E-state index < -0.39 is 0 Å². The summed E-state index contributed by atoms with van der Waals surface area (Å²) in [5.41, 5.74) is 1.10. The molecule has 88 valence electrons. The molecule has 15 heavy (non-hydrogen) atoms. The molecule has 0 spiro atoms. The molecular formula is C14H28N+. The van der Waals surface area contributed by atoms with E-state index in [9.17, 15) is 0 Å². The van der Waals surface area contributed by atoms with Crippen LogP contribution in [0, 0.1) is 5.41 Å². The highest BCUT2D eigenvalue weighted by atomic mass is 15.4. The molecule has 0 bridgehead atoms. The monoisotopic (exact) mass is 210 g/mol. The largest absolute Gasteiger partial charge is 0.319 e. The van der Waals surface area contributed by atoms with Crippen LogP contribution in [0.4, 0.5) is 0 Å². The molecular weight excluding hydrogens is 182 g/mol. The van der Waals surface area contributed by atoms with Crippen molar-refractivity contribution in [1.29, 1.82) is 0 Å². The zero-order chi connectivity index (χ0) is 11.2. The van der Waals surface area contributed by atoms with Crippen molar-refractivity contribution in [3.05, 3.63) is 0 Å². The van der Waals surface area contributed by atoms with E-state index in [2.05, 4.69) is 27.7 Å². The van der Waals surface area contributed by atoms with Gasteiger partial charge >= 0.3 is 0 Å². The zero-order valence-corrected chi connectivity index (χ0v) is 11.1. The lowest BCUT2D eigenvalue weighted by Crippen LogP contribution is -2.65. The first-order valence-corrected chi connectivity index (χ1v) is 6.84. The van der Waals surface area contributed by atoms with E-state index in [1.54, 1.807) is 0 Å². The molecule has 0 radical (unpaired) electrons. The van der Waals surface area contributed by atoms with Gasteiger partial charge < -0.3 is 4.48 Å². The first kappa shape index (κ1) is 11.4. The molecule has 2 fully saturated rings. The fourth-order valence-electron chi connectivity index (χ4n) is 4.46. The minimum Gasteiger partial charge on any atom is -0.319 e. The Kier molecular flexibility index (Phi) is 2.65. The van der Waals surface area contributed by atoms with Gasteiger partial charge in [-0.25, -0.2) is 0 Å². The molecule has 0 aromatic rings. The summed E-state index contributed by atoms with van der Waals surface area (Å²) in [5, 5.41) is 0. The molecule has 1 atom stereocenters. The van der Waals surface area contributed by atoms with Crippen molar-refractivity contribution >= 4 is 0 Å². The average molecular weight is 210 g/mol. The molecule has 1 aliphatic heterocycles. The standard InChI is InChI=1S/C14H28N/c1-5-15(11-6-7-12-15)14(4)10-8-9-13(14,2)3/h5-12H2,1-4H3/q+1. The summed E-state index contributed by atoms with van der Waals surface area (Å²) in [6, 6.07) is 0. The van der Waals surface area contributed by atoms with Crippen molar-refractivity contribution in [3.8, 4) is 0 Å². The van der Waals surface area contributed by atoms with Gasteiger partial charge in [-0.15, -0.1) is 0 Å². The highest BCUT2D eigenvalue weighted by molar-refractivity contribution is 4.98. The molecule has 1 saturated heterocycles. The maximum absolute atomic E-state index is 2.58. The lowest BCUT2D eigenvalue weighted by atomic mass is 9.73. The molecule has 0 N–H and O–H groups in total. The van der Waals surface area contributed by atoms with E-state index in [-0.39, 0.29) is 0 Å². The smallest absolute Gasteiger partial charge is 0.101 e. The van der Waals surface area contributed by atoms with E-state index in [0.717, 1.165) is 0 Å². The first-order valence-electron chi connectivity index (χ1n) is 6.84. The number of nitrogens with zero attached hydrogens (tertiary/aromatic N) is 1. The maximum Gasteiger partial charge on any atom is 0.101 e. The Labute approximate surface area is 95.4 Å². The van der Waals surface area contributed by atoms with E-state index in [4.69, 9.17) is 0 Å². The van der Waals surface area contributed by atoms with Crippen LogP contribution in [0.3, 0.4) is 0 Å². The van der Waals surface area contributed by atoms with Crippen LogP contribution < -0.4 is 0 Å². The maximum atomic E-state index is 2.58. The third-order valence-electron chi connectivity index (χ3n) is 6.00. The summed E-state index contributed by atoms with van der Waals surface area (Å²) < 4.78 is 1.42. The average Bonchev–Trinajstić information content (AvgIpc) is 2.74. The van der Waals surface area contributed by atoms with Gasteiger partial charge in [0.25, 0.3) is 0 Å². The Bertz CT molecular complexity index is 238. The van der Waals surface area contributed by atoms with Crippen molar-refractivity contribution in [1.82, 2.24) is 0 Å². The Balaban J connectivity index is 2.34. The summed E-state index contributed by atoms with van der Waals surface area (Å²) in [7, 11) is 0. The van der Waals surface area contributed by atoms with Crippen molar-refractivity contribution in [3.63, 3.8) is 0 Å². The van der Waals surface area contributed by atoms with Crippen molar-refractivity contribution < 1.29 is 4.48 Å². The zero-order valence-electron chi connectivity index (χ0n) is 11.1. The quantitative estimate of drug-likeness (QED) is 0.611. The molecule has 2 aliphatic rings. The van der Waals surface area contributed by atoms with Gasteiger partial charge in [0.1, 0.15) is 5.54 Å². The predicted molar refractivity (Wildman–Crippen MR) is 65.8 cm³/mol. The lowest BCUT2D eigenvalue weighted by Gasteiger charge is -2.53. The van der Waals surface area contributed by atoms with Crippen LogP contribution in [-0.2, 0) is 0 Å². The molecule has 2 rings (SSSR count). The van der Waals surface area contributed by atoms with Crippen LogP contribution >= 0.6 is 0 Å². The van der Waals surface area contributed by atoms with Gasteiger partial charge in [-0.2, -0.15) is 0 Å². The van der Waals surface area contributed by atoms with Crippen molar-refractivity contribution in [2.45, 2.75) is 65.3 Å². The number of likely N-dealkylation sites (tertiary alicyclic amines) is 1. The summed E-state index contributed by atoms with van der Waals surface area (Å²) in [6.07, 6.45) is 7.25. The fourth-order valence-corrected chi connectivity index (χ4v) is 4.46. The Morgan fingerprint density at radius 3 is 1.93 bits per heavy atom. The highest BCUT2D eigenvalue weighted by Crippen LogP contribution is 2.53. The number of hydrogen-bond acceptors (Lipinski definition) is 0. The van der Waals surface area contributed by atoms with E-state index in [0.29, 0.717) is 11.0 Å². The predicted octanol–water partition coefficient (Wildman–Crippen LogP) is 3.59. The Hall–Kier alpha value is -0.0400. The Morgan fingerprint density at radius 2 is 1.53 bits per heavy atom.